The highest BCUT2D eigenvalue weighted by molar-refractivity contribution is 7.90. The van der Waals surface area contributed by atoms with Gasteiger partial charge < -0.3 is 14.8 Å². The molecule has 2 aromatic rings. The summed E-state index contributed by atoms with van der Waals surface area (Å²) in [6.45, 7) is 0.872. The Bertz CT molecular complexity index is 893. The van der Waals surface area contributed by atoms with Crippen LogP contribution in [0.3, 0.4) is 0 Å². The maximum atomic E-state index is 12.3. The van der Waals surface area contributed by atoms with Crippen LogP contribution in [0.15, 0.2) is 41.3 Å². The van der Waals surface area contributed by atoms with E-state index in [-0.39, 0.29) is 4.90 Å². The van der Waals surface area contributed by atoms with Crippen molar-refractivity contribution in [1.82, 2.24) is 0 Å². The van der Waals surface area contributed by atoms with Crippen LogP contribution in [-0.4, -0.2) is 33.8 Å². The summed E-state index contributed by atoms with van der Waals surface area (Å²) in [6.07, 6.45) is 1.11. The maximum Gasteiger partial charge on any atom is 0.255 e. The fourth-order valence-electron chi connectivity index (χ4n) is 2.21. The molecule has 24 heavy (non-hydrogen) atoms. The zero-order valence-corrected chi connectivity index (χ0v) is 14.3. The highest BCUT2D eigenvalue weighted by Gasteiger charge is 2.17. The molecule has 0 fully saturated rings. The number of nitrogens with one attached hydrogen (secondary N) is 1. The van der Waals surface area contributed by atoms with Gasteiger partial charge in [0.2, 0.25) is 0 Å². The van der Waals surface area contributed by atoms with Gasteiger partial charge in [0.1, 0.15) is 13.2 Å². The van der Waals surface area contributed by atoms with E-state index in [1.807, 2.05) is 0 Å². The highest BCUT2D eigenvalue weighted by Crippen LogP contribution is 2.38. The molecule has 0 unspecified atom stereocenters. The van der Waals surface area contributed by atoms with Crippen LogP contribution in [0.2, 0.25) is 5.02 Å². The zero-order chi connectivity index (χ0) is 17.3. The average molecular weight is 368 g/mol. The van der Waals surface area contributed by atoms with Crippen molar-refractivity contribution in [3.05, 3.63) is 47.0 Å². The summed E-state index contributed by atoms with van der Waals surface area (Å²) < 4.78 is 33.8. The molecule has 126 valence electrons. The first-order valence-electron chi connectivity index (χ1n) is 7.05. The lowest BCUT2D eigenvalue weighted by Gasteiger charge is -2.20. The smallest absolute Gasteiger partial charge is 0.255 e. The molecule has 1 aliphatic heterocycles. The van der Waals surface area contributed by atoms with E-state index in [0.717, 1.165) is 6.26 Å². The molecular weight excluding hydrogens is 354 g/mol. The second kappa shape index (κ2) is 6.33. The average Bonchev–Trinajstić information content (AvgIpc) is 2.55. The number of anilines is 1. The molecule has 6 nitrogen and oxygen atoms in total. The Morgan fingerprint density at radius 2 is 1.67 bits per heavy atom. The lowest BCUT2D eigenvalue weighted by molar-refractivity contribution is 0.102. The van der Waals surface area contributed by atoms with E-state index in [0.29, 0.717) is 41.0 Å². The van der Waals surface area contributed by atoms with E-state index in [1.165, 1.54) is 24.3 Å². The van der Waals surface area contributed by atoms with Crippen molar-refractivity contribution in [2.24, 2.45) is 0 Å². The number of sulfone groups is 1. The van der Waals surface area contributed by atoms with E-state index in [2.05, 4.69) is 5.32 Å². The summed E-state index contributed by atoms with van der Waals surface area (Å²) in [7, 11) is -3.30. The van der Waals surface area contributed by atoms with Gasteiger partial charge in [0.25, 0.3) is 5.91 Å². The quantitative estimate of drug-likeness (QED) is 0.902. The third-order valence-electron chi connectivity index (χ3n) is 3.42. The molecule has 0 radical (unpaired) electrons. The Hall–Kier alpha value is -2.25. The second-order valence-electron chi connectivity index (χ2n) is 5.23. The number of halogens is 1. The molecule has 0 bridgehead atoms. The molecule has 0 atom stereocenters. The standard InChI is InChI=1S/C16H14ClNO5S/c1-24(20,21)11-4-2-10(3-5-11)16(19)18-13-9-15-14(8-12(13)17)22-6-7-23-15/h2-5,8-9H,6-7H2,1H3,(H,18,19). The monoisotopic (exact) mass is 367 g/mol. The van der Waals surface area contributed by atoms with E-state index < -0.39 is 15.7 Å². The predicted molar refractivity (Wildman–Crippen MR) is 89.9 cm³/mol. The third-order valence-corrected chi connectivity index (χ3v) is 4.87. The number of fused-ring (bicyclic) bond motifs is 1. The lowest BCUT2D eigenvalue weighted by Crippen LogP contribution is -2.17. The normalized spacial score (nSPS) is 13.4. The van der Waals surface area contributed by atoms with Gasteiger partial charge in [-0.15, -0.1) is 0 Å². The number of hydrogen-bond donors (Lipinski definition) is 1. The molecule has 3 rings (SSSR count). The Balaban J connectivity index is 1.82. The molecular formula is C16H14ClNO5S. The number of carbonyl (C=O) groups excluding carboxylic acids is 1. The molecule has 0 saturated carbocycles. The van der Waals surface area contributed by atoms with Crippen LogP contribution in [0.4, 0.5) is 5.69 Å². The highest BCUT2D eigenvalue weighted by atomic mass is 35.5. The first kappa shape index (κ1) is 16.6. The van der Waals surface area contributed by atoms with Crippen molar-refractivity contribution in [1.29, 1.82) is 0 Å². The number of amides is 1. The maximum absolute atomic E-state index is 12.3. The molecule has 0 spiro atoms. The molecule has 8 heteroatoms. The second-order valence-corrected chi connectivity index (χ2v) is 7.65. The molecule has 0 aromatic heterocycles. The first-order chi connectivity index (χ1) is 11.3. The predicted octanol–water partition coefficient (Wildman–Crippen LogP) is 2.77. The molecule has 1 aliphatic rings. The number of ether oxygens (including phenoxy) is 2. The largest absolute Gasteiger partial charge is 0.486 e. The van der Waals surface area contributed by atoms with Gasteiger partial charge in [-0.3, -0.25) is 4.79 Å². The van der Waals surface area contributed by atoms with Gasteiger partial charge in [0.05, 0.1) is 15.6 Å². The summed E-state index contributed by atoms with van der Waals surface area (Å²) in [4.78, 5) is 12.5. The number of hydrogen-bond acceptors (Lipinski definition) is 5. The molecule has 1 heterocycles. The van der Waals surface area contributed by atoms with Gasteiger partial charge in [-0.2, -0.15) is 0 Å². The van der Waals surface area contributed by atoms with Crippen molar-refractivity contribution >= 4 is 33.0 Å². The van der Waals surface area contributed by atoms with E-state index >= 15 is 0 Å². The minimum Gasteiger partial charge on any atom is -0.486 e. The van der Waals surface area contributed by atoms with Crippen LogP contribution in [0, 0.1) is 0 Å². The minimum absolute atomic E-state index is 0.149. The van der Waals surface area contributed by atoms with Crippen LogP contribution in [0.5, 0.6) is 11.5 Å². The minimum atomic E-state index is -3.30. The Morgan fingerprint density at radius 3 is 2.25 bits per heavy atom. The van der Waals surface area contributed by atoms with Crippen LogP contribution in [-0.2, 0) is 9.84 Å². The van der Waals surface area contributed by atoms with Crippen molar-refractivity contribution in [3.63, 3.8) is 0 Å². The number of rotatable bonds is 3. The Labute approximate surface area is 144 Å². The van der Waals surface area contributed by atoms with Crippen molar-refractivity contribution < 1.29 is 22.7 Å². The van der Waals surface area contributed by atoms with Gasteiger partial charge in [-0.1, -0.05) is 11.6 Å². The lowest BCUT2D eigenvalue weighted by atomic mass is 10.2. The van der Waals surface area contributed by atoms with Gasteiger partial charge >= 0.3 is 0 Å². The van der Waals surface area contributed by atoms with Crippen LogP contribution >= 0.6 is 11.6 Å². The summed E-state index contributed by atoms with van der Waals surface area (Å²) in [5.41, 5.74) is 0.700. The van der Waals surface area contributed by atoms with E-state index in [4.69, 9.17) is 21.1 Å². The summed E-state index contributed by atoms with van der Waals surface area (Å²) in [5.74, 6) is 0.628. The van der Waals surface area contributed by atoms with Crippen molar-refractivity contribution in [3.8, 4) is 11.5 Å². The summed E-state index contributed by atoms with van der Waals surface area (Å²) in [5, 5.41) is 3.00. The van der Waals surface area contributed by atoms with Gasteiger partial charge in [-0.25, -0.2) is 8.42 Å². The fraction of sp³-hybridized carbons (Fsp3) is 0.188. The molecule has 0 aliphatic carbocycles. The Kier molecular flexibility index (Phi) is 4.38. The summed E-state index contributed by atoms with van der Waals surface area (Å²) in [6, 6.07) is 8.83. The zero-order valence-electron chi connectivity index (χ0n) is 12.7. The number of carbonyl (C=O) groups is 1. The van der Waals surface area contributed by atoms with E-state index in [9.17, 15) is 13.2 Å². The molecule has 1 amide bonds. The van der Waals surface area contributed by atoms with Gasteiger partial charge in [-0.05, 0) is 24.3 Å². The van der Waals surface area contributed by atoms with Crippen LogP contribution < -0.4 is 14.8 Å². The summed E-state index contributed by atoms with van der Waals surface area (Å²) >= 11 is 6.15. The van der Waals surface area contributed by atoms with Crippen LogP contribution in [0.1, 0.15) is 10.4 Å². The molecule has 1 N–H and O–H groups in total. The first-order valence-corrected chi connectivity index (χ1v) is 9.32. The van der Waals surface area contributed by atoms with E-state index in [1.54, 1.807) is 12.1 Å². The fourth-order valence-corrected chi connectivity index (χ4v) is 3.04. The molecule has 2 aromatic carbocycles. The SMILES string of the molecule is CS(=O)(=O)c1ccc(C(=O)Nc2cc3c(cc2Cl)OCCO3)cc1. The molecule has 0 saturated heterocycles. The van der Waals surface area contributed by atoms with Gasteiger partial charge in [0.15, 0.2) is 21.3 Å². The third kappa shape index (κ3) is 3.47. The Morgan fingerprint density at radius 1 is 1.08 bits per heavy atom. The topological polar surface area (TPSA) is 81.7 Å². The van der Waals surface area contributed by atoms with Crippen molar-refractivity contribution in [2.75, 3.05) is 24.8 Å². The van der Waals surface area contributed by atoms with Gasteiger partial charge in [0, 0.05) is 24.0 Å². The van der Waals surface area contributed by atoms with Crippen LogP contribution in [0.25, 0.3) is 0 Å². The number of benzene rings is 2. The van der Waals surface area contributed by atoms with Crippen molar-refractivity contribution in [2.45, 2.75) is 4.90 Å².